The van der Waals surface area contributed by atoms with E-state index in [0.717, 1.165) is 25.7 Å². The first-order chi connectivity index (χ1) is 14.5. The van der Waals surface area contributed by atoms with Gasteiger partial charge in [-0.2, -0.15) is 0 Å². The van der Waals surface area contributed by atoms with Crippen molar-refractivity contribution >= 4 is 5.78 Å². The molecular formula is C26H42O4. The smallest absolute Gasteiger partial charge is 0.178 e. The zero-order valence-electron chi connectivity index (χ0n) is 18.9. The Morgan fingerprint density at radius 1 is 0.933 bits per heavy atom. The second-order valence-corrected chi connectivity index (χ2v) is 9.69. The van der Waals surface area contributed by atoms with Crippen molar-refractivity contribution in [2.24, 2.45) is 0 Å². The number of rotatable bonds is 12. The molecule has 2 aliphatic heterocycles. The van der Waals surface area contributed by atoms with Crippen LogP contribution in [-0.4, -0.2) is 34.5 Å². The van der Waals surface area contributed by atoms with Gasteiger partial charge in [0.05, 0.1) is 12.2 Å². The fourth-order valence-corrected chi connectivity index (χ4v) is 5.21. The number of hydrogen-bond donors (Lipinski definition) is 1. The van der Waals surface area contributed by atoms with Crippen molar-refractivity contribution in [2.75, 3.05) is 0 Å². The van der Waals surface area contributed by atoms with Gasteiger partial charge >= 0.3 is 0 Å². The van der Waals surface area contributed by atoms with Crippen molar-refractivity contribution in [2.45, 2.75) is 133 Å². The highest BCUT2D eigenvalue weighted by Crippen LogP contribution is 2.47. The van der Waals surface area contributed by atoms with Gasteiger partial charge in [0, 0.05) is 12.8 Å². The fraction of sp³-hybridized carbons (Fsp3) is 0.808. The Bertz CT molecular complexity index is 580. The number of carbonyl (C=O) groups excluding carboxylic acids is 1. The van der Waals surface area contributed by atoms with E-state index in [1.165, 1.54) is 64.2 Å². The Morgan fingerprint density at radius 3 is 2.17 bits per heavy atom. The van der Waals surface area contributed by atoms with Crippen LogP contribution in [0.2, 0.25) is 0 Å². The number of aliphatic hydroxyl groups is 1. The molecule has 2 spiro atoms. The van der Waals surface area contributed by atoms with Gasteiger partial charge in [0.25, 0.3) is 0 Å². The summed E-state index contributed by atoms with van der Waals surface area (Å²) in [4.78, 5) is 11.5. The zero-order chi connectivity index (χ0) is 21.3. The predicted octanol–water partition coefficient (Wildman–Crippen LogP) is 6.17. The SMILES string of the molecule is CCCCCCCCCCCCC[C@@H]1CC(O)C[C@@]2(CCC3(C=CC(=O)C=C3)O2)O1. The van der Waals surface area contributed by atoms with Crippen LogP contribution in [0.15, 0.2) is 24.3 Å². The Morgan fingerprint density at radius 2 is 1.53 bits per heavy atom. The average molecular weight is 419 g/mol. The van der Waals surface area contributed by atoms with Gasteiger partial charge < -0.3 is 14.6 Å². The third-order valence-electron chi connectivity index (χ3n) is 6.92. The molecule has 1 unspecified atom stereocenters. The molecule has 0 aromatic carbocycles. The molecule has 30 heavy (non-hydrogen) atoms. The van der Waals surface area contributed by atoms with Crippen LogP contribution >= 0.6 is 0 Å². The second kappa shape index (κ2) is 11.6. The number of unbranched alkanes of at least 4 members (excludes halogenated alkanes) is 10. The van der Waals surface area contributed by atoms with Crippen LogP contribution in [0.1, 0.15) is 110 Å². The van der Waals surface area contributed by atoms with E-state index in [2.05, 4.69) is 6.92 Å². The number of allylic oxidation sites excluding steroid dienone is 2. The maximum Gasteiger partial charge on any atom is 0.178 e. The summed E-state index contributed by atoms with van der Waals surface area (Å²) in [5.41, 5.74) is -0.536. The first kappa shape index (κ1) is 23.7. The molecule has 2 fully saturated rings. The van der Waals surface area contributed by atoms with Crippen molar-refractivity contribution in [3.63, 3.8) is 0 Å². The summed E-state index contributed by atoms with van der Waals surface area (Å²) in [5, 5.41) is 10.5. The summed E-state index contributed by atoms with van der Waals surface area (Å²) in [6.07, 6.45) is 25.1. The first-order valence-corrected chi connectivity index (χ1v) is 12.5. The van der Waals surface area contributed by atoms with E-state index >= 15 is 0 Å². The molecule has 2 saturated heterocycles. The normalized spacial score (nSPS) is 30.0. The van der Waals surface area contributed by atoms with Crippen molar-refractivity contribution in [3.8, 4) is 0 Å². The molecule has 4 heteroatoms. The summed E-state index contributed by atoms with van der Waals surface area (Å²) in [7, 11) is 0. The van der Waals surface area contributed by atoms with Crippen LogP contribution in [0.4, 0.5) is 0 Å². The lowest BCUT2D eigenvalue weighted by Gasteiger charge is -2.42. The van der Waals surface area contributed by atoms with E-state index in [0.29, 0.717) is 12.8 Å². The summed E-state index contributed by atoms with van der Waals surface area (Å²) in [6, 6.07) is 0. The van der Waals surface area contributed by atoms with Gasteiger partial charge in [0.15, 0.2) is 11.6 Å². The molecule has 0 amide bonds. The van der Waals surface area contributed by atoms with Crippen LogP contribution in [0.3, 0.4) is 0 Å². The lowest BCUT2D eigenvalue weighted by atomic mass is 9.91. The lowest BCUT2D eigenvalue weighted by Crippen LogP contribution is -2.47. The Balaban J connectivity index is 1.31. The summed E-state index contributed by atoms with van der Waals surface area (Å²) in [5.74, 6) is -0.695. The number of hydrogen-bond acceptors (Lipinski definition) is 4. The highest BCUT2D eigenvalue weighted by molar-refractivity contribution is 6.00. The molecular weight excluding hydrogens is 376 g/mol. The van der Waals surface area contributed by atoms with Gasteiger partial charge in [0.1, 0.15) is 5.60 Å². The molecule has 3 rings (SSSR count). The van der Waals surface area contributed by atoms with E-state index in [4.69, 9.17) is 9.47 Å². The van der Waals surface area contributed by atoms with E-state index < -0.39 is 11.4 Å². The number of ether oxygens (including phenoxy) is 2. The summed E-state index contributed by atoms with van der Waals surface area (Å²) >= 11 is 0. The third-order valence-corrected chi connectivity index (χ3v) is 6.92. The van der Waals surface area contributed by atoms with E-state index in [1.807, 2.05) is 12.2 Å². The van der Waals surface area contributed by atoms with Crippen LogP contribution in [-0.2, 0) is 14.3 Å². The van der Waals surface area contributed by atoms with E-state index in [9.17, 15) is 9.90 Å². The highest BCUT2D eigenvalue weighted by atomic mass is 16.7. The minimum absolute atomic E-state index is 0.00384. The monoisotopic (exact) mass is 418 g/mol. The molecule has 3 atom stereocenters. The molecule has 0 aromatic rings. The molecule has 0 bridgehead atoms. The molecule has 4 nitrogen and oxygen atoms in total. The molecule has 170 valence electrons. The van der Waals surface area contributed by atoms with Gasteiger partial charge in [-0.05, 0) is 43.6 Å². The first-order valence-electron chi connectivity index (χ1n) is 12.5. The topological polar surface area (TPSA) is 55.8 Å². The predicted molar refractivity (Wildman–Crippen MR) is 120 cm³/mol. The van der Waals surface area contributed by atoms with Gasteiger partial charge in [-0.25, -0.2) is 0 Å². The minimum atomic E-state index is -0.699. The van der Waals surface area contributed by atoms with Crippen LogP contribution in [0.25, 0.3) is 0 Å². The quantitative estimate of drug-likeness (QED) is 0.385. The largest absolute Gasteiger partial charge is 0.393 e. The molecule has 1 aliphatic carbocycles. The lowest BCUT2D eigenvalue weighted by molar-refractivity contribution is -0.292. The van der Waals surface area contributed by atoms with Gasteiger partial charge in [-0.3, -0.25) is 4.79 Å². The highest BCUT2D eigenvalue weighted by Gasteiger charge is 2.52. The van der Waals surface area contributed by atoms with Gasteiger partial charge in [-0.15, -0.1) is 0 Å². The molecule has 1 N–H and O–H groups in total. The second-order valence-electron chi connectivity index (χ2n) is 9.69. The molecule has 2 heterocycles. The maximum absolute atomic E-state index is 11.5. The Hall–Kier alpha value is -0.970. The number of carbonyl (C=O) groups is 1. The van der Waals surface area contributed by atoms with E-state index in [-0.39, 0.29) is 18.0 Å². The molecule has 3 aliphatic rings. The summed E-state index contributed by atoms with van der Waals surface area (Å²) < 4.78 is 12.8. The van der Waals surface area contributed by atoms with Crippen molar-refractivity contribution in [3.05, 3.63) is 24.3 Å². The average Bonchev–Trinajstić information content (AvgIpc) is 3.05. The third kappa shape index (κ3) is 7.03. The Kier molecular flexibility index (Phi) is 9.15. The standard InChI is InChI=1S/C26H42O4/c1-2-3-4-5-6-7-8-9-10-11-12-13-24-20-23(28)21-26(29-24)19-18-25(30-26)16-14-22(27)15-17-25/h14-17,23-24,28H,2-13,18-21H2,1H3/t23?,24-,26+/m1/s1. The summed E-state index contributed by atoms with van der Waals surface area (Å²) in [6.45, 7) is 2.27. The minimum Gasteiger partial charge on any atom is -0.393 e. The van der Waals surface area contributed by atoms with E-state index in [1.54, 1.807) is 12.2 Å². The zero-order valence-corrected chi connectivity index (χ0v) is 18.9. The maximum atomic E-state index is 11.5. The molecule has 0 radical (unpaired) electrons. The number of ketones is 1. The fourth-order valence-electron chi connectivity index (χ4n) is 5.21. The van der Waals surface area contributed by atoms with Crippen LogP contribution in [0.5, 0.6) is 0 Å². The van der Waals surface area contributed by atoms with Crippen molar-refractivity contribution in [1.82, 2.24) is 0 Å². The number of aliphatic hydroxyl groups excluding tert-OH is 1. The van der Waals surface area contributed by atoms with Crippen molar-refractivity contribution in [1.29, 1.82) is 0 Å². The van der Waals surface area contributed by atoms with Gasteiger partial charge in [0.2, 0.25) is 0 Å². The van der Waals surface area contributed by atoms with Crippen LogP contribution in [0, 0.1) is 0 Å². The van der Waals surface area contributed by atoms with Crippen LogP contribution < -0.4 is 0 Å². The van der Waals surface area contributed by atoms with Crippen molar-refractivity contribution < 1.29 is 19.4 Å². The molecule has 0 saturated carbocycles. The molecule has 0 aromatic heterocycles. The Labute approximate surface area is 183 Å². The van der Waals surface area contributed by atoms with Gasteiger partial charge in [-0.1, -0.05) is 77.6 Å².